The van der Waals surface area contributed by atoms with Crippen LogP contribution in [0.1, 0.15) is 11.1 Å². The van der Waals surface area contributed by atoms with E-state index in [1.807, 2.05) is 31.2 Å². The second-order valence-electron chi connectivity index (χ2n) is 3.96. The third kappa shape index (κ3) is 2.69. The Kier molecular flexibility index (Phi) is 3.19. The molecule has 0 aliphatic carbocycles. The van der Waals surface area contributed by atoms with Crippen LogP contribution >= 0.6 is 0 Å². The first-order chi connectivity index (χ1) is 8.16. The van der Waals surface area contributed by atoms with Gasteiger partial charge in [0.25, 0.3) is 0 Å². The fourth-order valence-corrected chi connectivity index (χ4v) is 1.58. The Labute approximate surface area is 100 Å². The fourth-order valence-electron chi connectivity index (χ4n) is 1.58. The molecule has 0 aliphatic rings. The summed E-state index contributed by atoms with van der Waals surface area (Å²) in [5, 5.41) is 9.55. The number of phenols is 1. The normalized spacial score (nSPS) is 10.2. The number of hydrogen-bond donors (Lipinski definition) is 2. The topological polar surface area (TPSA) is 55.5 Å². The Morgan fingerprint density at radius 3 is 2.65 bits per heavy atom. The molecule has 0 saturated heterocycles. The molecular weight excluding hydrogens is 214 g/mol. The van der Waals surface area contributed by atoms with Crippen LogP contribution in [-0.4, -0.2) is 5.11 Å². The minimum Gasteiger partial charge on any atom is -0.504 e. The summed E-state index contributed by atoms with van der Waals surface area (Å²) in [5.41, 5.74) is 8.62. The van der Waals surface area contributed by atoms with Gasteiger partial charge in [0, 0.05) is 11.3 Å². The van der Waals surface area contributed by atoms with Crippen LogP contribution in [0.25, 0.3) is 0 Å². The van der Waals surface area contributed by atoms with Crippen molar-refractivity contribution in [3.63, 3.8) is 0 Å². The van der Waals surface area contributed by atoms with E-state index in [1.54, 1.807) is 18.2 Å². The van der Waals surface area contributed by atoms with Crippen molar-refractivity contribution in [3.05, 3.63) is 53.6 Å². The quantitative estimate of drug-likeness (QED) is 0.796. The standard InChI is InChI=1S/C14H15NO2/c1-10-6-7-11(12(15)8-10)9-17-14-5-3-2-4-13(14)16/h2-8,16H,9,15H2,1H3. The maximum Gasteiger partial charge on any atom is 0.161 e. The van der Waals surface area contributed by atoms with E-state index in [2.05, 4.69) is 0 Å². The van der Waals surface area contributed by atoms with Crippen LogP contribution in [-0.2, 0) is 6.61 Å². The number of ether oxygens (including phenoxy) is 1. The smallest absolute Gasteiger partial charge is 0.161 e. The summed E-state index contributed by atoms with van der Waals surface area (Å²) in [6.45, 7) is 2.34. The number of para-hydroxylation sites is 2. The fraction of sp³-hybridized carbons (Fsp3) is 0.143. The van der Waals surface area contributed by atoms with Crippen LogP contribution in [0.5, 0.6) is 11.5 Å². The van der Waals surface area contributed by atoms with E-state index in [1.165, 1.54) is 0 Å². The van der Waals surface area contributed by atoms with Gasteiger partial charge in [-0.3, -0.25) is 0 Å². The molecule has 2 aromatic rings. The van der Waals surface area contributed by atoms with Gasteiger partial charge in [-0.05, 0) is 30.7 Å². The van der Waals surface area contributed by atoms with E-state index in [0.717, 1.165) is 11.1 Å². The number of benzene rings is 2. The Bertz CT molecular complexity index is 523. The maximum absolute atomic E-state index is 9.55. The molecule has 0 aromatic heterocycles. The number of rotatable bonds is 3. The highest BCUT2D eigenvalue weighted by Crippen LogP contribution is 2.26. The van der Waals surface area contributed by atoms with E-state index in [0.29, 0.717) is 18.0 Å². The Hall–Kier alpha value is -2.16. The van der Waals surface area contributed by atoms with Crippen molar-refractivity contribution in [3.8, 4) is 11.5 Å². The molecule has 0 atom stereocenters. The Morgan fingerprint density at radius 1 is 1.18 bits per heavy atom. The molecule has 2 rings (SSSR count). The van der Waals surface area contributed by atoms with Crippen molar-refractivity contribution < 1.29 is 9.84 Å². The maximum atomic E-state index is 9.55. The zero-order chi connectivity index (χ0) is 12.3. The first kappa shape index (κ1) is 11.3. The van der Waals surface area contributed by atoms with Crippen molar-refractivity contribution >= 4 is 5.69 Å². The second kappa shape index (κ2) is 4.78. The number of hydrogen-bond acceptors (Lipinski definition) is 3. The van der Waals surface area contributed by atoms with Gasteiger partial charge in [-0.2, -0.15) is 0 Å². The molecule has 17 heavy (non-hydrogen) atoms. The molecule has 2 aromatic carbocycles. The molecule has 0 fully saturated rings. The molecule has 3 N–H and O–H groups in total. The lowest BCUT2D eigenvalue weighted by Crippen LogP contribution is -2.00. The van der Waals surface area contributed by atoms with Gasteiger partial charge in [-0.15, -0.1) is 0 Å². The predicted molar refractivity (Wildman–Crippen MR) is 68.0 cm³/mol. The number of aromatic hydroxyl groups is 1. The lowest BCUT2D eigenvalue weighted by atomic mass is 10.1. The third-order valence-electron chi connectivity index (χ3n) is 2.55. The molecule has 3 nitrogen and oxygen atoms in total. The lowest BCUT2D eigenvalue weighted by molar-refractivity contribution is 0.289. The summed E-state index contributed by atoms with van der Waals surface area (Å²) >= 11 is 0. The van der Waals surface area contributed by atoms with E-state index in [9.17, 15) is 5.11 Å². The van der Waals surface area contributed by atoms with Crippen LogP contribution in [0.2, 0.25) is 0 Å². The summed E-state index contributed by atoms with van der Waals surface area (Å²) in [6.07, 6.45) is 0. The number of aryl methyl sites for hydroxylation is 1. The van der Waals surface area contributed by atoms with Gasteiger partial charge >= 0.3 is 0 Å². The minimum atomic E-state index is 0.137. The summed E-state index contributed by atoms with van der Waals surface area (Å²) in [5.74, 6) is 0.602. The van der Waals surface area contributed by atoms with Gasteiger partial charge < -0.3 is 15.6 Å². The second-order valence-corrected chi connectivity index (χ2v) is 3.96. The summed E-state index contributed by atoms with van der Waals surface area (Å²) in [4.78, 5) is 0. The van der Waals surface area contributed by atoms with Crippen LogP contribution < -0.4 is 10.5 Å². The first-order valence-corrected chi connectivity index (χ1v) is 5.42. The average Bonchev–Trinajstić information content (AvgIpc) is 2.30. The van der Waals surface area contributed by atoms with E-state index >= 15 is 0 Å². The predicted octanol–water partition coefficient (Wildman–Crippen LogP) is 2.86. The highest BCUT2D eigenvalue weighted by Gasteiger charge is 2.03. The monoisotopic (exact) mass is 229 g/mol. The third-order valence-corrected chi connectivity index (χ3v) is 2.55. The van der Waals surface area contributed by atoms with E-state index < -0.39 is 0 Å². The molecule has 0 spiro atoms. The van der Waals surface area contributed by atoms with Crippen LogP contribution in [0.3, 0.4) is 0 Å². The Morgan fingerprint density at radius 2 is 1.94 bits per heavy atom. The van der Waals surface area contributed by atoms with E-state index in [4.69, 9.17) is 10.5 Å². The van der Waals surface area contributed by atoms with Gasteiger partial charge in [-0.1, -0.05) is 24.3 Å². The molecule has 88 valence electrons. The van der Waals surface area contributed by atoms with E-state index in [-0.39, 0.29) is 5.75 Å². The summed E-state index contributed by atoms with van der Waals surface area (Å²) < 4.78 is 5.51. The largest absolute Gasteiger partial charge is 0.504 e. The molecule has 0 amide bonds. The van der Waals surface area contributed by atoms with Gasteiger partial charge in [0.15, 0.2) is 11.5 Å². The lowest BCUT2D eigenvalue weighted by Gasteiger charge is -2.10. The number of nitrogen functional groups attached to an aromatic ring is 1. The molecule has 0 bridgehead atoms. The van der Waals surface area contributed by atoms with Gasteiger partial charge in [0.2, 0.25) is 0 Å². The van der Waals surface area contributed by atoms with Gasteiger partial charge in [0.05, 0.1) is 0 Å². The molecule has 0 aliphatic heterocycles. The minimum absolute atomic E-state index is 0.137. The van der Waals surface area contributed by atoms with Crippen molar-refractivity contribution in [2.75, 3.05) is 5.73 Å². The van der Waals surface area contributed by atoms with Gasteiger partial charge in [-0.25, -0.2) is 0 Å². The highest BCUT2D eigenvalue weighted by atomic mass is 16.5. The number of nitrogens with two attached hydrogens (primary N) is 1. The zero-order valence-electron chi connectivity index (χ0n) is 9.68. The van der Waals surface area contributed by atoms with Gasteiger partial charge in [0.1, 0.15) is 6.61 Å². The van der Waals surface area contributed by atoms with Crippen molar-refractivity contribution in [2.45, 2.75) is 13.5 Å². The summed E-state index contributed by atoms with van der Waals surface area (Å²) in [6, 6.07) is 12.7. The van der Waals surface area contributed by atoms with Crippen LogP contribution in [0, 0.1) is 6.92 Å². The molecule has 0 radical (unpaired) electrons. The van der Waals surface area contributed by atoms with Crippen LogP contribution in [0.4, 0.5) is 5.69 Å². The van der Waals surface area contributed by atoms with Crippen LogP contribution in [0.15, 0.2) is 42.5 Å². The SMILES string of the molecule is Cc1ccc(COc2ccccc2O)c(N)c1. The zero-order valence-corrected chi connectivity index (χ0v) is 9.68. The number of phenolic OH excluding ortho intramolecular Hbond substituents is 1. The first-order valence-electron chi connectivity index (χ1n) is 5.42. The van der Waals surface area contributed by atoms with Crippen molar-refractivity contribution in [1.82, 2.24) is 0 Å². The molecular formula is C14H15NO2. The number of anilines is 1. The molecule has 0 saturated carbocycles. The van der Waals surface area contributed by atoms with Crippen molar-refractivity contribution in [1.29, 1.82) is 0 Å². The molecule has 0 unspecified atom stereocenters. The molecule has 0 heterocycles. The average molecular weight is 229 g/mol. The Balaban J connectivity index is 2.10. The highest BCUT2D eigenvalue weighted by molar-refractivity contribution is 5.49. The van der Waals surface area contributed by atoms with Crippen molar-refractivity contribution in [2.24, 2.45) is 0 Å². The summed E-state index contributed by atoms with van der Waals surface area (Å²) in [7, 11) is 0. The molecule has 3 heteroatoms.